The third kappa shape index (κ3) is 2.18. The first kappa shape index (κ1) is 16.1. The average molecular weight is 335 g/mol. The molecule has 0 unspecified atom stereocenters. The summed E-state index contributed by atoms with van der Waals surface area (Å²) in [5.41, 5.74) is 6.75. The molecule has 2 atom stereocenters. The van der Waals surface area contributed by atoms with Gasteiger partial charge < -0.3 is 5.73 Å². The van der Waals surface area contributed by atoms with Crippen LogP contribution in [0.2, 0.25) is 5.02 Å². The molecule has 0 radical (unpaired) electrons. The normalized spacial score (nSPS) is 24.8. The maximum absolute atomic E-state index is 9.86. The third-order valence-electron chi connectivity index (χ3n) is 5.03. The highest BCUT2D eigenvalue weighted by molar-refractivity contribution is 6.30. The number of nitrogens with zero attached hydrogens (tertiary/aromatic N) is 3. The van der Waals surface area contributed by atoms with Crippen molar-refractivity contribution >= 4 is 11.6 Å². The minimum absolute atomic E-state index is 0.0684. The molecule has 3 rings (SSSR count). The fourth-order valence-corrected chi connectivity index (χ4v) is 4.05. The van der Waals surface area contributed by atoms with Gasteiger partial charge in [0.2, 0.25) is 0 Å². The third-order valence-corrected chi connectivity index (χ3v) is 5.28. The molecule has 1 aromatic carbocycles. The van der Waals surface area contributed by atoms with Crippen molar-refractivity contribution in [3.8, 4) is 18.2 Å². The van der Waals surface area contributed by atoms with Gasteiger partial charge in [-0.1, -0.05) is 29.8 Å². The van der Waals surface area contributed by atoms with Crippen molar-refractivity contribution in [2.24, 2.45) is 17.1 Å². The predicted octanol–water partition coefficient (Wildman–Crippen LogP) is 3.93. The molecule has 0 fully saturated rings. The highest BCUT2D eigenvalue weighted by atomic mass is 35.5. The Labute approximate surface area is 146 Å². The summed E-state index contributed by atoms with van der Waals surface area (Å²) in [6.45, 7) is 0. The topological polar surface area (TPSA) is 97.4 Å². The number of hydrogen-bond acceptors (Lipinski definition) is 4. The second kappa shape index (κ2) is 6.04. The summed E-state index contributed by atoms with van der Waals surface area (Å²) in [5, 5.41) is 29.9. The lowest BCUT2D eigenvalue weighted by atomic mass is 9.57. The number of halogens is 1. The van der Waals surface area contributed by atoms with E-state index in [9.17, 15) is 15.8 Å². The molecular formula is C19H15ClN4. The fraction of sp³-hybridized carbons (Fsp3) is 0.316. The Bertz CT molecular complexity index is 845. The van der Waals surface area contributed by atoms with Crippen LogP contribution in [-0.2, 0) is 0 Å². The van der Waals surface area contributed by atoms with E-state index in [4.69, 9.17) is 17.3 Å². The van der Waals surface area contributed by atoms with Crippen LogP contribution in [0.5, 0.6) is 0 Å². The summed E-state index contributed by atoms with van der Waals surface area (Å²) >= 11 is 5.98. The Hall–Kier alpha value is -2.74. The van der Waals surface area contributed by atoms with Crippen molar-refractivity contribution in [1.82, 2.24) is 0 Å². The van der Waals surface area contributed by atoms with Gasteiger partial charge in [0.15, 0.2) is 5.41 Å². The highest BCUT2D eigenvalue weighted by Crippen LogP contribution is 2.55. The molecule has 2 aliphatic carbocycles. The van der Waals surface area contributed by atoms with Crippen LogP contribution >= 0.6 is 11.6 Å². The van der Waals surface area contributed by atoms with Crippen molar-refractivity contribution in [2.75, 3.05) is 0 Å². The van der Waals surface area contributed by atoms with E-state index in [1.807, 2.05) is 18.2 Å². The van der Waals surface area contributed by atoms with Gasteiger partial charge in [-0.05, 0) is 48.4 Å². The number of allylic oxidation sites excluding steroid dienone is 4. The van der Waals surface area contributed by atoms with Gasteiger partial charge in [-0.2, -0.15) is 15.8 Å². The number of fused-ring (bicyclic) bond motifs is 1. The van der Waals surface area contributed by atoms with E-state index in [0.717, 1.165) is 30.4 Å². The molecule has 0 spiro atoms. The molecule has 4 nitrogen and oxygen atoms in total. The molecule has 0 aromatic heterocycles. The van der Waals surface area contributed by atoms with Crippen LogP contribution in [0.1, 0.15) is 30.7 Å². The Morgan fingerprint density at radius 2 is 1.79 bits per heavy atom. The van der Waals surface area contributed by atoms with E-state index in [1.165, 1.54) is 0 Å². The van der Waals surface area contributed by atoms with Crippen LogP contribution in [0.15, 0.2) is 47.2 Å². The number of rotatable bonds is 1. The van der Waals surface area contributed by atoms with Gasteiger partial charge in [0.1, 0.15) is 6.07 Å². The van der Waals surface area contributed by atoms with E-state index in [1.54, 1.807) is 12.1 Å². The summed E-state index contributed by atoms with van der Waals surface area (Å²) in [5.74, 6) is -0.477. The lowest BCUT2D eigenvalue weighted by molar-refractivity contribution is 0.317. The molecule has 1 aromatic rings. The molecule has 0 saturated carbocycles. The molecule has 118 valence electrons. The smallest absolute Gasteiger partial charge is 0.191 e. The Morgan fingerprint density at radius 1 is 1.12 bits per heavy atom. The van der Waals surface area contributed by atoms with Crippen LogP contribution in [-0.4, -0.2) is 0 Å². The van der Waals surface area contributed by atoms with E-state index in [2.05, 4.69) is 18.2 Å². The van der Waals surface area contributed by atoms with Gasteiger partial charge in [0, 0.05) is 10.9 Å². The van der Waals surface area contributed by atoms with Crippen LogP contribution in [0.25, 0.3) is 0 Å². The lowest BCUT2D eigenvalue weighted by Gasteiger charge is -2.43. The largest absolute Gasteiger partial charge is 0.399 e. The maximum atomic E-state index is 9.86. The van der Waals surface area contributed by atoms with E-state index < -0.39 is 11.3 Å². The molecule has 0 bridgehead atoms. The summed E-state index contributed by atoms with van der Waals surface area (Å²) in [7, 11) is 0. The quantitative estimate of drug-likeness (QED) is 0.841. The van der Waals surface area contributed by atoms with Crippen molar-refractivity contribution in [3.05, 3.63) is 57.8 Å². The molecule has 0 aliphatic heterocycles. The first-order valence-corrected chi connectivity index (χ1v) is 8.15. The second-order valence-electron chi connectivity index (χ2n) is 6.16. The summed E-state index contributed by atoms with van der Waals surface area (Å²) in [6, 6.07) is 13.6. The Kier molecular flexibility index (Phi) is 4.06. The monoisotopic (exact) mass is 334 g/mol. The van der Waals surface area contributed by atoms with Crippen molar-refractivity contribution in [2.45, 2.75) is 25.2 Å². The predicted molar refractivity (Wildman–Crippen MR) is 90.1 cm³/mol. The summed E-state index contributed by atoms with van der Waals surface area (Å²) in [6.07, 6.45) is 4.69. The number of hydrogen-bond donors (Lipinski definition) is 1. The minimum atomic E-state index is -1.54. The molecule has 2 aliphatic rings. The standard InChI is InChI=1S/C19H15ClN4/c20-13-7-5-12(6-8-13)17-15-4-2-1-3-14(15)16(9-21)18(24)19(17,10-22)11-23/h3,5-8,15,17H,1-2,4,24H2/t15-,17+/m0/s1. The van der Waals surface area contributed by atoms with Gasteiger partial charge in [-0.3, -0.25) is 0 Å². The molecular weight excluding hydrogens is 320 g/mol. The Balaban J connectivity index is 2.31. The van der Waals surface area contributed by atoms with Gasteiger partial charge in [-0.15, -0.1) is 0 Å². The zero-order chi connectivity index (χ0) is 17.3. The highest BCUT2D eigenvalue weighted by Gasteiger charge is 2.53. The fourth-order valence-electron chi connectivity index (χ4n) is 3.92. The molecule has 5 heteroatoms. The van der Waals surface area contributed by atoms with Crippen LogP contribution < -0.4 is 5.73 Å². The van der Waals surface area contributed by atoms with E-state index >= 15 is 0 Å². The molecule has 0 saturated heterocycles. The van der Waals surface area contributed by atoms with Crippen molar-refractivity contribution in [1.29, 1.82) is 15.8 Å². The summed E-state index contributed by atoms with van der Waals surface area (Å²) in [4.78, 5) is 0. The van der Waals surface area contributed by atoms with Gasteiger partial charge in [0.05, 0.1) is 23.4 Å². The van der Waals surface area contributed by atoms with Crippen LogP contribution in [0.3, 0.4) is 0 Å². The van der Waals surface area contributed by atoms with Gasteiger partial charge in [0.25, 0.3) is 0 Å². The first-order chi connectivity index (χ1) is 11.6. The maximum Gasteiger partial charge on any atom is 0.191 e. The zero-order valence-corrected chi connectivity index (χ0v) is 13.7. The molecule has 24 heavy (non-hydrogen) atoms. The molecule has 2 N–H and O–H groups in total. The zero-order valence-electron chi connectivity index (χ0n) is 13.0. The van der Waals surface area contributed by atoms with Gasteiger partial charge >= 0.3 is 0 Å². The van der Waals surface area contributed by atoms with E-state index in [-0.39, 0.29) is 11.6 Å². The van der Waals surface area contributed by atoms with Crippen molar-refractivity contribution in [3.63, 3.8) is 0 Å². The van der Waals surface area contributed by atoms with Crippen LogP contribution in [0, 0.1) is 45.3 Å². The van der Waals surface area contributed by atoms with E-state index in [0.29, 0.717) is 10.6 Å². The summed E-state index contributed by atoms with van der Waals surface area (Å²) < 4.78 is 0. The number of benzene rings is 1. The second-order valence-corrected chi connectivity index (χ2v) is 6.59. The molecule has 0 amide bonds. The number of nitrogens with two attached hydrogens (primary N) is 1. The average Bonchev–Trinajstić information content (AvgIpc) is 2.62. The van der Waals surface area contributed by atoms with Crippen molar-refractivity contribution < 1.29 is 0 Å². The SMILES string of the molecule is N#CC1=C(N)C(C#N)(C#N)[C@H](c2ccc(Cl)cc2)[C@H]2CCCC=C12. The van der Waals surface area contributed by atoms with Gasteiger partial charge in [-0.25, -0.2) is 0 Å². The first-order valence-electron chi connectivity index (χ1n) is 7.77. The molecule has 0 heterocycles. The van der Waals surface area contributed by atoms with Crippen LogP contribution in [0.4, 0.5) is 0 Å². The minimum Gasteiger partial charge on any atom is -0.399 e. The lowest BCUT2D eigenvalue weighted by Crippen LogP contribution is -2.42. The number of nitriles is 3. The Morgan fingerprint density at radius 3 is 2.38 bits per heavy atom.